The van der Waals surface area contributed by atoms with Crippen molar-refractivity contribution in [1.82, 2.24) is 9.13 Å². The predicted octanol–water partition coefficient (Wildman–Crippen LogP) is 7.27. The molecule has 3 aromatic rings. The minimum absolute atomic E-state index is 0.0210. The Balaban J connectivity index is 2.19. The molecular formula is C25H32ClN2Pd. The monoisotopic (exact) mass is 501 g/mol. The molecule has 0 saturated carbocycles. The molecule has 29 heavy (non-hydrogen) atoms. The Morgan fingerprint density at radius 3 is 1.93 bits per heavy atom. The van der Waals surface area contributed by atoms with E-state index in [1.165, 1.54) is 43.0 Å². The molecular weight excluding hydrogens is 470 g/mol. The normalized spacial score (nSPS) is 13.0. The first-order valence-corrected chi connectivity index (χ1v) is 13.0. The molecule has 0 amide bonds. The first-order valence-electron chi connectivity index (χ1n) is 10.3. The standard InChI is InChI=1S/C25H32N2.ClH.Pd/c1-17(2)22-9-8-10-23(18(3)4)25(22)27-12-11-26(16-27)15-24-20(6)13-19(5)14-21(24)7;;/h8-14,17-18H,15H2,1-7H3;1H;/q;;+1/p-1. The molecule has 1 aromatic heterocycles. The predicted molar refractivity (Wildman–Crippen MR) is 121 cm³/mol. The van der Waals surface area contributed by atoms with Crippen LogP contribution in [-0.2, 0) is 23.0 Å². The molecule has 0 saturated heterocycles. The molecule has 0 radical (unpaired) electrons. The molecule has 0 spiro atoms. The van der Waals surface area contributed by atoms with E-state index in [0.717, 1.165) is 6.54 Å². The van der Waals surface area contributed by atoms with Crippen LogP contribution in [0.5, 0.6) is 0 Å². The average Bonchev–Trinajstić information content (AvgIpc) is 3.06. The fraction of sp³-hybridized carbons (Fsp3) is 0.400. The van der Waals surface area contributed by atoms with E-state index in [9.17, 15) is 0 Å². The number of aromatic nitrogens is 2. The van der Waals surface area contributed by atoms with E-state index in [2.05, 4.69) is 100 Å². The van der Waals surface area contributed by atoms with Crippen LogP contribution in [0.4, 0.5) is 0 Å². The van der Waals surface area contributed by atoms with Gasteiger partial charge in [0.25, 0.3) is 0 Å². The number of rotatable bonds is 5. The summed E-state index contributed by atoms with van der Waals surface area (Å²) in [6, 6.07) is 11.3. The van der Waals surface area contributed by atoms with Crippen LogP contribution >= 0.6 is 9.53 Å². The topological polar surface area (TPSA) is 9.86 Å². The average molecular weight is 502 g/mol. The van der Waals surface area contributed by atoms with Crippen molar-refractivity contribution in [2.75, 3.05) is 0 Å². The van der Waals surface area contributed by atoms with Crippen LogP contribution in [0.2, 0.25) is 0 Å². The van der Waals surface area contributed by atoms with Gasteiger partial charge in [-0.05, 0) is 0 Å². The van der Waals surface area contributed by atoms with E-state index < -0.39 is 0 Å². The van der Waals surface area contributed by atoms with Gasteiger partial charge in [-0.3, -0.25) is 0 Å². The summed E-state index contributed by atoms with van der Waals surface area (Å²) >= 11 is -0.0210. The van der Waals surface area contributed by atoms with Crippen molar-refractivity contribution in [2.45, 2.75) is 66.8 Å². The number of halogens is 1. The molecule has 0 aliphatic heterocycles. The Bertz CT molecular complexity index is 1040. The SMILES string of the molecule is Cc1cc(C)c(Cn2ccn(-c3c(C(C)C)cccc3C(C)C)[c]2=[Pd][Cl])c(C)c1. The molecule has 2 nitrogen and oxygen atoms in total. The quantitative estimate of drug-likeness (QED) is 0.325. The van der Waals surface area contributed by atoms with Crippen molar-refractivity contribution in [3.8, 4) is 5.69 Å². The van der Waals surface area contributed by atoms with Crippen LogP contribution in [0.15, 0.2) is 42.7 Å². The van der Waals surface area contributed by atoms with Gasteiger partial charge in [0, 0.05) is 0 Å². The van der Waals surface area contributed by atoms with Crippen LogP contribution in [0.3, 0.4) is 0 Å². The third-order valence-electron chi connectivity index (χ3n) is 5.60. The third kappa shape index (κ3) is 4.53. The van der Waals surface area contributed by atoms with E-state index >= 15 is 0 Å². The summed E-state index contributed by atoms with van der Waals surface area (Å²) in [5.41, 5.74) is 9.46. The molecule has 0 N–H and O–H groups in total. The molecule has 0 unspecified atom stereocenters. The zero-order chi connectivity index (χ0) is 21.3. The number of nitrogens with zero attached hydrogens (tertiary/aromatic N) is 2. The van der Waals surface area contributed by atoms with Gasteiger partial charge < -0.3 is 0 Å². The van der Waals surface area contributed by atoms with Crippen molar-refractivity contribution in [2.24, 2.45) is 0 Å². The number of imidazole rings is 1. The number of benzene rings is 2. The summed E-state index contributed by atoms with van der Waals surface area (Å²) in [4.78, 5) is 0. The second-order valence-electron chi connectivity index (χ2n) is 8.57. The summed E-state index contributed by atoms with van der Waals surface area (Å²) < 4.78 is 5.84. The van der Waals surface area contributed by atoms with Gasteiger partial charge >= 0.3 is 188 Å². The summed E-state index contributed by atoms with van der Waals surface area (Å²) in [5.74, 6) is 0.908. The van der Waals surface area contributed by atoms with Crippen LogP contribution in [0, 0.1) is 24.7 Å². The van der Waals surface area contributed by atoms with E-state index in [0.29, 0.717) is 11.8 Å². The second-order valence-corrected chi connectivity index (χ2v) is 10.3. The Morgan fingerprint density at radius 2 is 1.45 bits per heavy atom. The number of hydrogen-bond donors (Lipinski definition) is 0. The van der Waals surface area contributed by atoms with Gasteiger partial charge in [-0.15, -0.1) is 0 Å². The molecule has 0 bridgehead atoms. The summed E-state index contributed by atoms with van der Waals surface area (Å²) in [6.45, 7) is 16.5. The minimum atomic E-state index is -0.0210. The van der Waals surface area contributed by atoms with E-state index in [-0.39, 0.29) is 16.5 Å². The molecule has 0 fully saturated rings. The maximum atomic E-state index is 6.57. The van der Waals surface area contributed by atoms with E-state index in [1.807, 2.05) is 0 Å². The fourth-order valence-corrected chi connectivity index (χ4v) is 5.74. The van der Waals surface area contributed by atoms with Gasteiger partial charge in [0.05, 0.1) is 0 Å². The Morgan fingerprint density at radius 1 is 0.897 bits per heavy atom. The number of aryl methyl sites for hydroxylation is 3. The Kier molecular flexibility index (Phi) is 7.05. The van der Waals surface area contributed by atoms with Gasteiger partial charge in [-0.2, -0.15) is 0 Å². The van der Waals surface area contributed by atoms with Crippen molar-refractivity contribution in [3.05, 3.63) is 80.0 Å². The zero-order valence-electron chi connectivity index (χ0n) is 18.5. The van der Waals surface area contributed by atoms with Crippen LogP contribution in [0.1, 0.15) is 72.9 Å². The molecule has 2 aromatic carbocycles. The van der Waals surface area contributed by atoms with Gasteiger partial charge in [-0.1, -0.05) is 0 Å². The number of para-hydroxylation sites is 1. The fourth-order valence-electron chi connectivity index (χ4n) is 4.15. The Labute approximate surface area is 187 Å². The maximum absolute atomic E-state index is 6.57. The Hall–Kier alpha value is -1.40. The molecule has 0 atom stereocenters. The van der Waals surface area contributed by atoms with Crippen LogP contribution in [0.25, 0.3) is 5.69 Å². The summed E-state index contributed by atoms with van der Waals surface area (Å²) in [7, 11) is 6.57. The molecule has 1 heterocycles. The van der Waals surface area contributed by atoms with Gasteiger partial charge in [0.1, 0.15) is 0 Å². The molecule has 0 aliphatic rings. The third-order valence-corrected chi connectivity index (χ3v) is 7.32. The molecule has 4 heteroatoms. The van der Waals surface area contributed by atoms with Crippen molar-refractivity contribution >= 4 is 9.53 Å². The van der Waals surface area contributed by atoms with Crippen molar-refractivity contribution in [3.63, 3.8) is 0 Å². The van der Waals surface area contributed by atoms with Crippen LogP contribution < -0.4 is 0 Å². The summed E-state index contributed by atoms with van der Waals surface area (Å²) in [5, 5.41) is 0. The van der Waals surface area contributed by atoms with E-state index in [4.69, 9.17) is 9.53 Å². The zero-order valence-corrected chi connectivity index (χ0v) is 20.8. The van der Waals surface area contributed by atoms with Crippen LogP contribution in [-0.4, -0.2) is 9.13 Å². The van der Waals surface area contributed by atoms with Gasteiger partial charge in [0.2, 0.25) is 0 Å². The first kappa shape index (κ1) is 22.3. The van der Waals surface area contributed by atoms with Crippen molar-refractivity contribution in [1.29, 1.82) is 0 Å². The first-order chi connectivity index (χ1) is 13.7. The molecule has 0 aliphatic carbocycles. The van der Waals surface area contributed by atoms with Crippen molar-refractivity contribution < 1.29 is 16.5 Å². The summed E-state index contributed by atoms with van der Waals surface area (Å²) in [6.07, 6.45) is 4.39. The van der Waals surface area contributed by atoms with Gasteiger partial charge in [-0.25, -0.2) is 0 Å². The molecule has 3 rings (SSSR count). The van der Waals surface area contributed by atoms with E-state index in [1.54, 1.807) is 0 Å². The number of hydrogen-bond acceptors (Lipinski definition) is 0. The van der Waals surface area contributed by atoms with Gasteiger partial charge in [0.15, 0.2) is 0 Å². The second kappa shape index (κ2) is 9.17. The molecule has 159 valence electrons.